The van der Waals surface area contributed by atoms with Crippen LogP contribution in [0.25, 0.3) is 0 Å². The molecule has 2 N–H and O–H groups in total. The number of hydrogen-bond donors (Lipinski definition) is 2. The van der Waals surface area contributed by atoms with Gasteiger partial charge in [-0.3, -0.25) is 0 Å². The minimum Gasteiger partial charge on any atom is -0.400 e. The van der Waals surface area contributed by atoms with Gasteiger partial charge in [-0.25, -0.2) is 0 Å². The highest BCUT2D eigenvalue weighted by molar-refractivity contribution is 5.11. The van der Waals surface area contributed by atoms with Crippen molar-refractivity contribution in [3.8, 4) is 0 Å². The summed E-state index contributed by atoms with van der Waals surface area (Å²) in [5.41, 5.74) is 2.06. The van der Waals surface area contributed by atoms with Gasteiger partial charge in [-0.05, 0) is 97.7 Å². The molecule has 4 rings (SSSR count). The van der Waals surface area contributed by atoms with Crippen LogP contribution in [0.2, 0.25) is 0 Å². The van der Waals surface area contributed by atoms with Crippen LogP contribution < -0.4 is 0 Å². The average Bonchev–Trinajstić information content (AvgIpc) is 2.76. The quantitative estimate of drug-likeness (QED) is 0.470. The lowest BCUT2D eigenvalue weighted by atomic mass is 9.38. The van der Waals surface area contributed by atoms with Crippen LogP contribution in [-0.4, -0.2) is 24.4 Å². The molecule has 0 aromatic heterocycles. The Morgan fingerprint density at radius 2 is 1.41 bits per heavy atom. The molecule has 0 heterocycles. The van der Waals surface area contributed by atoms with Gasteiger partial charge in [0.05, 0.1) is 0 Å². The Morgan fingerprint density at radius 3 is 2.03 bits per heavy atom. The van der Waals surface area contributed by atoms with Gasteiger partial charge in [0.25, 0.3) is 0 Å². The van der Waals surface area contributed by atoms with Crippen LogP contribution in [0, 0.1) is 39.9 Å². The van der Waals surface area contributed by atoms with Crippen LogP contribution in [0.15, 0.2) is 0 Å². The molecule has 174 valence electrons. The molecule has 4 saturated carbocycles. The van der Waals surface area contributed by atoms with Gasteiger partial charge in [-0.15, -0.1) is 0 Å². The van der Waals surface area contributed by atoms with Crippen molar-refractivity contribution in [3.05, 3.63) is 0 Å². The summed E-state index contributed by atoms with van der Waals surface area (Å²) in [5.74, 6) is 4.19. The van der Waals surface area contributed by atoms with E-state index in [1.165, 1.54) is 38.5 Å². The van der Waals surface area contributed by atoms with Crippen molar-refractivity contribution >= 4 is 0 Å². The summed E-state index contributed by atoms with van der Waals surface area (Å²) in [7, 11) is 2.00. The largest absolute Gasteiger partial charge is 0.400 e. The maximum absolute atomic E-state index is 7.00. The molecule has 4 fully saturated rings. The molecule has 0 aromatic carbocycles. The predicted molar refractivity (Wildman–Crippen MR) is 127 cm³/mol. The first-order valence-electron chi connectivity index (χ1n) is 12.8. The van der Waals surface area contributed by atoms with Crippen LogP contribution in [0.5, 0.6) is 0 Å². The van der Waals surface area contributed by atoms with Gasteiger partial charge in [0.2, 0.25) is 0 Å². The molecule has 7 atom stereocenters. The molecule has 0 amide bonds. The molecule has 0 bridgehead atoms. The Morgan fingerprint density at radius 1 is 0.759 bits per heavy atom. The first-order valence-corrected chi connectivity index (χ1v) is 12.8. The van der Waals surface area contributed by atoms with E-state index in [1.54, 1.807) is 38.5 Å². The molecule has 29 heavy (non-hydrogen) atoms. The Hall–Kier alpha value is -0.0800. The first-order chi connectivity index (χ1) is 13.9. The molecule has 0 aliphatic heterocycles. The third-order valence-electron chi connectivity index (χ3n) is 9.92. The van der Waals surface area contributed by atoms with E-state index in [0.717, 1.165) is 37.9 Å². The fourth-order valence-electron chi connectivity index (χ4n) is 8.75. The van der Waals surface area contributed by atoms with Crippen LogP contribution in [0.4, 0.5) is 0 Å². The Kier molecular flexibility index (Phi) is 10.7. The van der Waals surface area contributed by atoms with Gasteiger partial charge in [0, 0.05) is 14.2 Å². The maximum atomic E-state index is 7.00. The second kappa shape index (κ2) is 11.5. The topological polar surface area (TPSA) is 40.5 Å². The summed E-state index contributed by atoms with van der Waals surface area (Å²) >= 11 is 0. The van der Waals surface area contributed by atoms with Crippen molar-refractivity contribution in [1.82, 2.24) is 0 Å². The molecule has 0 saturated heterocycles. The van der Waals surface area contributed by atoms with E-state index in [9.17, 15) is 0 Å². The lowest BCUT2D eigenvalue weighted by Crippen LogP contribution is -2.59. The fourth-order valence-corrected chi connectivity index (χ4v) is 8.75. The van der Waals surface area contributed by atoms with Crippen molar-refractivity contribution in [2.45, 2.75) is 119 Å². The number of aliphatic hydroxyl groups is 2. The minimum absolute atomic E-state index is 0.656. The second-order valence-corrected chi connectivity index (χ2v) is 10.8. The first kappa shape index (κ1) is 27.0. The SMILES string of the molecule is CC.CCC12CCC(C)CC1(C)CCC1C3CCCCC3(C)CCC12.CO.CO. The zero-order chi connectivity index (χ0) is 22.3. The Bertz CT molecular complexity index is 463. The van der Waals surface area contributed by atoms with Gasteiger partial charge < -0.3 is 10.2 Å². The smallest absolute Gasteiger partial charge is 0.0319 e. The van der Waals surface area contributed by atoms with Gasteiger partial charge >= 0.3 is 0 Å². The number of hydrogen-bond acceptors (Lipinski definition) is 2. The lowest BCUT2D eigenvalue weighted by molar-refractivity contribution is -0.178. The van der Waals surface area contributed by atoms with E-state index in [2.05, 4.69) is 27.7 Å². The molecular weight excluding hydrogens is 356 g/mol. The highest BCUT2D eigenvalue weighted by Crippen LogP contribution is 2.70. The molecule has 2 heteroatoms. The van der Waals surface area contributed by atoms with Gasteiger partial charge in [-0.2, -0.15) is 0 Å². The lowest BCUT2D eigenvalue weighted by Gasteiger charge is -2.67. The second-order valence-electron chi connectivity index (χ2n) is 10.8. The summed E-state index contributed by atoms with van der Waals surface area (Å²) < 4.78 is 0. The predicted octanol–water partition coefficient (Wildman–Crippen LogP) is 7.47. The number of fused-ring (bicyclic) bond motifs is 5. The van der Waals surface area contributed by atoms with Crippen LogP contribution >= 0.6 is 0 Å². The van der Waals surface area contributed by atoms with E-state index < -0.39 is 0 Å². The highest BCUT2D eigenvalue weighted by Gasteiger charge is 2.62. The van der Waals surface area contributed by atoms with E-state index in [1.807, 2.05) is 13.8 Å². The monoisotopic (exact) mass is 410 g/mol. The van der Waals surface area contributed by atoms with Crippen LogP contribution in [-0.2, 0) is 0 Å². The normalized spacial score (nSPS) is 45.3. The molecule has 0 aromatic rings. The van der Waals surface area contributed by atoms with Gasteiger partial charge in [-0.1, -0.05) is 60.8 Å². The van der Waals surface area contributed by atoms with Crippen LogP contribution in [0.1, 0.15) is 119 Å². The van der Waals surface area contributed by atoms with Gasteiger partial charge in [0.15, 0.2) is 0 Å². The van der Waals surface area contributed by atoms with Crippen LogP contribution in [0.3, 0.4) is 0 Å². The Balaban J connectivity index is 0.000000644. The van der Waals surface area contributed by atoms with Gasteiger partial charge in [0.1, 0.15) is 0 Å². The summed E-state index contributed by atoms with van der Waals surface area (Å²) in [4.78, 5) is 0. The Labute approximate surface area is 183 Å². The third-order valence-corrected chi connectivity index (χ3v) is 9.92. The summed E-state index contributed by atoms with van der Waals surface area (Å²) in [5, 5.41) is 14.0. The highest BCUT2D eigenvalue weighted by atomic mass is 16.2. The molecule has 7 unspecified atom stereocenters. The third kappa shape index (κ3) is 4.74. The zero-order valence-corrected chi connectivity index (χ0v) is 21.2. The van der Waals surface area contributed by atoms with Crippen molar-refractivity contribution in [1.29, 1.82) is 0 Å². The fraction of sp³-hybridized carbons (Fsp3) is 1.00. The molecule has 4 aliphatic rings. The average molecular weight is 411 g/mol. The number of rotatable bonds is 1. The molecule has 0 spiro atoms. The van der Waals surface area contributed by atoms with E-state index in [-0.39, 0.29) is 0 Å². The molecule has 0 radical (unpaired) electrons. The van der Waals surface area contributed by atoms with E-state index in [0.29, 0.717) is 16.2 Å². The summed E-state index contributed by atoms with van der Waals surface area (Å²) in [6.45, 7) is 14.4. The molecule has 2 nitrogen and oxygen atoms in total. The minimum atomic E-state index is 0.656. The van der Waals surface area contributed by atoms with E-state index >= 15 is 0 Å². The van der Waals surface area contributed by atoms with Crippen molar-refractivity contribution < 1.29 is 10.2 Å². The van der Waals surface area contributed by atoms with E-state index in [4.69, 9.17) is 10.2 Å². The molecular formula is C27H54O2. The van der Waals surface area contributed by atoms with Crippen molar-refractivity contribution in [3.63, 3.8) is 0 Å². The summed E-state index contributed by atoms with van der Waals surface area (Å²) in [6, 6.07) is 0. The summed E-state index contributed by atoms with van der Waals surface area (Å²) in [6.07, 6.45) is 18.4. The number of aliphatic hydroxyl groups excluding tert-OH is 2. The zero-order valence-electron chi connectivity index (χ0n) is 21.2. The molecule has 4 aliphatic carbocycles. The van der Waals surface area contributed by atoms with Crippen molar-refractivity contribution in [2.24, 2.45) is 39.9 Å². The standard InChI is InChI=1S/C23H40.C2H6.2CH4O/c1-5-23-15-9-17(2)16-22(23,4)14-10-18-19-8-6-7-12-21(19,3)13-11-20(18)23;3*1-2/h17-20H,5-16H2,1-4H3;1-2H3;2*2H,1H3. The maximum Gasteiger partial charge on any atom is 0.0319 e. The van der Waals surface area contributed by atoms with Crippen molar-refractivity contribution in [2.75, 3.05) is 14.2 Å².